The van der Waals surface area contributed by atoms with Crippen LogP contribution in [0.4, 0.5) is 0 Å². The summed E-state index contributed by atoms with van der Waals surface area (Å²) in [6.07, 6.45) is 3.42. The molecule has 0 spiro atoms. The fraction of sp³-hybridized carbons (Fsp3) is 0.333. The second-order valence-corrected chi connectivity index (χ2v) is 1.11. The van der Waals surface area contributed by atoms with Gasteiger partial charge in [0.15, 0.2) is 0 Å². The maximum absolute atomic E-state index is 4.90. The Balaban J connectivity index is 0. The third kappa shape index (κ3) is 9.40. The van der Waals surface area contributed by atoms with E-state index in [1.165, 1.54) is 0 Å². The Kier molecular flexibility index (Phi) is 13.8. The van der Waals surface area contributed by atoms with Gasteiger partial charge in [-0.15, -0.1) is 13.2 Å². The van der Waals surface area contributed by atoms with Crippen LogP contribution in [-0.2, 0) is 4.74 Å². The normalized spacial score (nSPS) is 7.00. The quantitative estimate of drug-likeness (QED) is 0.291. The molecule has 0 fully saturated rings. The van der Waals surface area contributed by atoms with Crippen LogP contribution in [0.5, 0.6) is 0 Å². The summed E-state index contributed by atoms with van der Waals surface area (Å²) in [5.41, 5.74) is 0. The summed E-state index contributed by atoms with van der Waals surface area (Å²) >= 11 is 0. The molecule has 1 nitrogen and oxygen atoms in total. The van der Waals surface area contributed by atoms with Gasteiger partial charge in [0, 0.05) is 0 Å². The fourth-order valence-electron chi connectivity index (χ4n) is 0.235. The van der Waals surface area contributed by atoms with Crippen molar-refractivity contribution < 1.29 is 4.74 Å². The summed E-state index contributed by atoms with van der Waals surface area (Å²) in [5, 5.41) is 0. The average molecular weight is 106 g/mol. The Bertz CT molecular complexity index is 53.5. The van der Waals surface area contributed by atoms with Crippen LogP contribution in [0, 0.1) is 0 Å². The van der Waals surface area contributed by atoms with Crippen LogP contribution in [0.3, 0.4) is 0 Å². The molecule has 0 unspecified atom stereocenters. The van der Waals surface area contributed by atoms with Crippen molar-refractivity contribution >= 4 is 18.9 Å². The molecule has 42 valence electrons. The van der Waals surface area contributed by atoms with Gasteiger partial charge in [-0.1, -0.05) is 12.2 Å². The van der Waals surface area contributed by atoms with Crippen molar-refractivity contribution in [2.75, 3.05) is 13.2 Å². The van der Waals surface area contributed by atoms with E-state index in [1.807, 2.05) is 0 Å². The zero-order valence-corrected chi connectivity index (χ0v) is 4.39. The zero-order chi connectivity index (χ0) is 5.54. The minimum absolute atomic E-state index is 0. The molecule has 0 atom stereocenters. The first kappa shape index (κ1) is 10.9. The summed E-state index contributed by atoms with van der Waals surface area (Å²) in [7, 11) is 0. The van der Waals surface area contributed by atoms with E-state index in [1.54, 1.807) is 12.2 Å². The van der Waals surface area contributed by atoms with Crippen molar-refractivity contribution in [1.29, 1.82) is 0 Å². The van der Waals surface area contributed by atoms with Crippen LogP contribution in [0.15, 0.2) is 25.3 Å². The predicted octanol–water partition coefficient (Wildman–Crippen LogP) is 0.726. The predicted molar refractivity (Wildman–Crippen MR) is 38.4 cm³/mol. The van der Waals surface area contributed by atoms with Gasteiger partial charge in [0.2, 0.25) is 0 Å². The minimum atomic E-state index is 0. The van der Waals surface area contributed by atoms with Gasteiger partial charge in [-0.3, -0.25) is 0 Å². The van der Waals surface area contributed by atoms with Gasteiger partial charge >= 0.3 is 18.9 Å². The summed E-state index contributed by atoms with van der Waals surface area (Å²) in [5.74, 6) is 0. The number of hydrogen-bond donors (Lipinski definition) is 0. The first-order valence-electron chi connectivity index (χ1n) is 2.21. The van der Waals surface area contributed by atoms with E-state index in [2.05, 4.69) is 13.2 Å². The molecule has 0 aliphatic heterocycles. The van der Waals surface area contributed by atoms with E-state index in [-0.39, 0.29) is 18.9 Å². The van der Waals surface area contributed by atoms with E-state index in [9.17, 15) is 0 Å². The van der Waals surface area contributed by atoms with Crippen LogP contribution in [0.1, 0.15) is 0 Å². The molecular weight excluding hydrogens is 95.0 g/mol. The Morgan fingerprint density at radius 3 is 1.75 bits per heavy atom. The van der Waals surface area contributed by atoms with Crippen molar-refractivity contribution in [2.45, 2.75) is 0 Å². The van der Waals surface area contributed by atoms with Crippen LogP contribution < -0.4 is 0 Å². The van der Waals surface area contributed by atoms with E-state index >= 15 is 0 Å². The average Bonchev–Trinajstić information content (AvgIpc) is 1.69. The standard InChI is InChI=1S/C6H10O.Li.H/c1-3-5-7-6-4-2;;/h3-4H,1-2,5-6H2;;. The molecule has 0 rings (SSSR count). The Labute approximate surface area is 62.6 Å². The molecule has 0 heterocycles. The Hall–Kier alpha value is 0.0374. The fourth-order valence-corrected chi connectivity index (χ4v) is 0.235. The molecule has 0 aromatic rings. The van der Waals surface area contributed by atoms with Crippen LogP contribution in [0.25, 0.3) is 0 Å². The van der Waals surface area contributed by atoms with Gasteiger partial charge in [-0.25, -0.2) is 0 Å². The topological polar surface area (TPSA) is 9.23 Å². The summed E-state index contributed by atoms with van der Waals surface area (Å²) < 4.78 is 4.90. The van der Waals surface area contributed by atoms with Gasteiger partial charge in [-0.2, -0.15) is 0 Å². The SMILES string of the molecule is C=CCOCC=C.[LiH]. The van der Waals surface area contributed by atoms with Crippen molar-refractivity contribution in [1.82, 2.24) is 0 Å². The van der Waals surface area contributed by atoms with E-state index < -0.39 is 0 Å². The molecule has 2 heteroatoms. The molecule has 0 amide bonds. The van der Waals surface area contributed by atoms with Crippen molar-refractivity contribution in [3.8, 4) is 0 Å². The Morgan fingerprint density at radius 1 is 1.12 bits per heavy atom. The molecule has 0 aromatic carbocycles. The molecule has 0 radical (unpaired) electrons. The monoisotopic (exact) mass is 106 g/mol. The molecule has 0 aliphatic carbocycles. The van der Waals surface area contributed by atoms with Crippen molar-refractivity contribution in [2.24, 2.45) is 0 Å². The van der Waals surface area contributed by atoms with Gasteiger partial charge in [0.05, 0.1) is 13.2 Å². The number of ether oxygens (including phenoxy) is 1. The van der Waals surface area contributed by atoms with E-state index in [4.69, 9.17) is 4.74 Å². The molecule has 0 bridgehead atoms. The summed E-state index contributed by atoms with van der Waals surface area (Å²) in [4.78, 5) is 0. The van der Waals surface area contributed by atoms with Gasteiger partial charge in [-0.05, 0) is 0 Å². The van der Waals surface area contributed by atoms with Gasteiger partial charge < -0.3 is 4.74 Å². The number of hydrogen-bond acceptors (Lipinski definition) is 1. The van der Waals surface area contributed by atoms with Gasteiger partial charge in [0.1, 0.15) is 0 Å². The van der Waals surface area contributed by atoms with Crippen molar-refractivity contribution in [3.05, 3.63) is 25.3 Å². The molecule has 0 saturated carbocycles. The summed E-state index contributed by atoms with van der Waals surface area (Å²) in [6, 6.07) is 0. The molecule has 0 aliphatic rings. The third-order valence-electron chi connectivity index (χ3n) is 0.471. The summed E-state index contributed by atoms with van der Waals surface area (Å²) in [6.45, 7) is 8.18. The molecular formula is C6H11LiO. The molecule has 0 N–H and O–H groups in total. The second-order valence-electron chi connectivity index (χ2n) is 1.11. The van der Waals surface area contributed by atoms with Crippen LogP contribution >= 0.6 is 0 Å². The number of rotatable bonds is 4. The third-order valence-corrected chi connectivity index (χ3v) is 0.471. The molecule has 8 heavy (non-hydrogen) atoms. The second kappa shape index (κ2) is 10.1. The van der Waals surface area contributed by atoms with E-state index in [0.717, 1.165) is 0 Å². The van der Waals surface area contributed by atoms with Crippen molar-refractivity contribution in [3.63, 3.8) is 0 Å². The van der Waals surface area contributed by atoms with Crippen LogP contribution in [0.2, 0.25) is 0 Å². The van der Waals surface area contributed by atoms with Crippen LogP contribution in [-0.4, -0.2) is 32.1 Å². The Morgan fingerprint density at radius 2 is 1.50 bits per heavy atom. The van der Waals surface area contributed by atoms with E-state index in [0.29, 0.717) is 13.2 Å². The zero-order valence-electron chi connectivity index (χ0n) is 4.39. The first-order chi connectivity index (χ1) is 3.41. The maximum atomic E-state index is 4.90. The first-order valence-corrected chi connectivity index (χ1v) is 2.21. The van der Waals surface area contributed by atoms with Gasteiger partial charge in [0.25, 0.3) is 0 Å². The molecule has 0 saturated heterocycles. The molecule has 0 aromatic heterocycles.